The van der Waals surface area contributed by atoms with Crippen molar-refractivity contribution < 1.29 is 9.59 Å². The number of carbonyl (C=O) groups is 2. The molecule has 1 saturated heterocycles. The van der Waals surface area contributed by atoms with Crippen molar-refractivity contribution in [2.75, 3.05) is 19.6 Å². The van der Waals surface area contributed by atoms with E-state index in [0.29, 0.717) is 24.6 Å². The molecule has 2 amide bonds. The summed E-state index contributed by atoms with van der Waals surface area (Å²) in [5.74, 6) is 0.380. The minimum atomic E-state index is -0.155. The minimum absolute atomic E-state index is 0.155. The van der Waals surface area contributed by atoms with Crippen LogP contribution in [-0.4, -0.2) is 41.3 Å². The summed E-state index contributed by atoms with van der Waals surface area (Å²) in [4.78, 5) is 30.6. The van der Waals surface area contributed by atoms with E-state index in [-0.39, 0.29) is 11.8 Å². The molecule has 0 spiro atoms. The number of amides is 2. The number of nitrogens with zero attached hydrogens (tertiary/aromatic N) is 2. The molecular formula is C31H43N3O2. The van der Waals surface area contributed by atoms with Crippen LogP contribution in [0.2, 0.25) is 0 Å². The number of carbonyl (C=O) groups excluding carboxylic acids is 2. The van der Waals surface area contributed by atoms with Crippen LogP contribution >= 0.6 is 0 Å². The molecule has 0 bridgehead atoms. The molecule has 0 aliphatic carbocycles. The van der Waals surface area contributed by atoms with Crippen molar-refractivity contribution in [3.05, 3.63) is 90.9 Å². The van der Waals surface area contributed by atoms with Crippen LogP contribution in [0.5, 0.6) is 0 Å². The lowest BCUT2D eigenvalue weighted by atomic mass is 10.1. The van der Waals surface area contributed by atoms with E-state index >= 15 is 0 Å². The Morgan fingerprint density at radius 1 is 0.944 bits per heavy atom. The molecule has 1 aliphatic heterocycles. The van der Waals surface area contributed by atoms with E-state index in [1.807, 2.05) is 4.90 Å². The number of likely N-dealkylation sites (tertiary alicyclic amines) is 1. The summed E-state index contributed by atoms with van der Waals surface area (Å²) in [6, 6.07) is 5.30. The molecule has 1 aromatic rings. The highest BCUT2D eigenvalue weighted by molar-refractivity contribution is 5.92. The highest BCUT2D eigenvalue weighted by Crippen LogP contribution is 2.17. The summed E-state index contributed by atoms with van der Waals surface area (Å²) in [5.41, 5.74) is 0.429. The summed E-state index contributed by atoms with van der Waals surface area (Å²) >= 11 is 0. The van der Waals surface area contributed by atoms with Gasteiger partial charge in [0.15, 0.2) is 0 Å². The first kappa shape index (κ1) is 29.0. The van der Waals surface area contributed by atoms with Crippen molar-refractivity contribution in [1.29, 1.82) is 0 Å². The lowest BCUT2D eigenvalue weighted by Gasteiger charge is -2.16. The third-order valence-electron chi connectivity index (χ3n) is 6.01. The van der Waals surface area contributed by atoms with Crippen LogP contribution < -0.4 is 5.32 Å². The maximum atomic E-state index is 12.5. The number of unbranched alkanes of at least 4 members (excludes halogenated alkanes) is 1. The van der Waals surface area contributed by atoms with Gasteiger partial charge in [-0.2, -0.15) is 0 Å². The van der Waals surface area contributed by atoms with Gasteiger partial charge in [-0.15, -0.1) is 0 Å². The van der Waals surface area contributed by atoms with Crippen LogP contribution in [0.3, 0.4) is 0 Å². The van der Waals surface area contributed by atoms with E-state index in [0.717, 1.165) is 64.5 Å². The molecular weight excluding hydrogens is 446 g/mol. The zero-order valence-corrected chi connectivity index (χ0v) is 21.9. The zero-order chi connectivity index (χ0) is 25.7. The first-order chi connectivity index (χ1) is 17.7. The molecule has 2 rings (SSSR count). The molecule has 194 valence electrons. The maximum Gasteiger partial charge on any atom is 0.269 e. The van der Waals surface area contributed by atoms with Gasteiger partial charge >= 0.3 is 0 Å². The Morgan fingerprint density at radius 2 is 1.58 bits per heavy atom. The van der Waals surface area contributed by atoms with Gasteiger partial charge in [0.05, 0.1) is 0 Å². The lowest BCUT2D eigenvalue weighted by Crippen LogP contribution is -2.33. The van der Waals surface area contributed by atoms with Crippen LogP contribution in [-0.2, 0) is 4.79 Å². The number of aromatic nitrogens is 1. The first-order valence-corrected chi connectivity index (χ1v) is 13.4. The Kier molecular flexibility index (Phi) is 15.3. The van der Waals surface area contributed by atoms with Gasteiger partial charge in [0, 0.05) is 32.3 Å². The fourth-order valence-corrected chi connectivity index (χ4v) is 3.95. The maximum absolute atomic E-state index is 12.5. The van der Waals surface area contributed by atoms with Crippen molar-refractivity contribution in [1.82, 2.24) is 15.2 Å². The van der Waals surface area contributed by atoms with E-state index in [4.69, 9.17) is 0 Å². The fraction of sp³-hybridized carbons (Fsp3) is 0.452. The molecule has 2 heterocycles. The molecule has 0 unspecified atom stereocenters. The highest BCUT2D eigenvalue weighted by Gasteiger charge is 2.26. The topological polar surface area (TPSA) is 62.3 Å². The van der Waals surface area contributed by atoms with Crippen LogP contribution in [0.1, 0.15) is 75.2 Å². The monoisotopic (exact) mass is 489 g/mol. The third-order valence-corrected chi connectivity index (χ3v) is 6.01. The summed E-state index contributed by atoms with van der Waals surface area (Å²) in [6.45, 7) is 4.24. The molecule has 1 atom stereocenters. The highest BCUT2D eigenvalue weighted by atomic mass is 16.2. The van der Waals surface area contributed by atoms with Crippen LogP contribution in [0.15, 0.2) is 85.2 Å². The molecule has 5 nitrogen and oxygen atoms in total. The van der Waals surface area contributed by atoms with Gasteiger partial charge in [-0.25, -0.2) is 0 Å². The van der Waals surface area contributed by atoms with E-state index in [1.165, 1.54) is 0 Å². The number of allylic oxidation sites excluding steroid dienone is 10. The van der Waals surface area contributed by atoms with Crippen LogP contribution in [0, 0.1) is 5.92 Å². The van der Waals surface area contributed by atoms with E-state index in [9.17, 15) is 9.59 Å². The normalized spacial score (nSPS) is 16.5. The van der Waals surface area contributed by atoms with Crippen molar-refractivity contribution >= 4 is 11.8 Å². The Balaban J connectivity index is 1.47. The van der Waals surface area contributed by atoms with Gasteiger partial charge in [-0.1, -0.05) is 73.8 Å². The second-order valence-corrected chi connectivity index (χ2v) is 9.02. The Bertz CT molecular complexity index is 900. The van der Waals surface area contributed by atoms with E-state index in [1.54, 1.807) is 24.4 Å². The number of rotatable bonds is 16. The van der Waals surface area contributed by atoms with Crippen molar-refractivity contribution in [3.63, 3.8) is 0 Å². The predicted octanol–water partition coefficient (Wildman–Crippen LogP) is 6.58. The molecule has 0 radical (unpaired) electrons. The van der Waals surface area contributed by atoms with Gasteiger partial charge in [-0.3, -0.25) is 14.6 Å². The number of pyridine rings is 1. The van der Waals surface area contributed by atoms with Gasteiger partial charge < -0.3 is 10.2 Å². The minimum Gasteiger partial charge on any atom is -0.350 e. The molecule has 0 saturated carbocycles. The molecule has 1 N–H and O–H groups in total. The molecule has 1 aliphatic rings. The van der Waals surface area contributed by atoms with E-state index < -0.39 is 0 Å². The summed E-state index contributed by atoms with van der Waals surface area (Å²) in [7, 11) is 0. The number of hydrogen-bond donors (Lipinski definition) is 1. The average molecular weight is 490 g/mol. The molecule has 0 aromatic carbocycles. The smallest absolute Gasteiger partial charge is 0.269 e. The summed E-state index contributed by atoms with van der Waals surface area (Å²) in [5, 5.41) is 2.94. The third kappa shape index (κ3) is 13.0. The zero-order valence-electron chi connectivity index (χ0n) is 21.9. The molecule has 5 heteroatoms. The van der Waals surface area contributed by atoms with Gasteiger partial charge in [0.25, 0.3) is 5.91 Å². The van der Waals surface area contributed by atoms with Crippen LogP contribution in [0.4, 0.5) is 0 Å². The second kappa shape index (κ2) is 19.0. The number of hydrogen-bond acceptors (Lipinski definition) is 3. The van der Waals surface area contributed by atoms with E-state index in [2.05, 4.69) is 78.0 Å². The summed E-state index contributed by atoms with van der Waals surface area (Å²) < 4.78 is 0. The SMILES string of the molecule is CCC=CCC=CCC=CCC=CCC=CCCCC(=O)N1CC[C@@H](CNC(=O)c2ccccn2)C1. The largest absolute Gasteiger partial charge is 0.350 e. The number of nitrogens with one attached hydrogen (secondary N) is 1. The quantitative estimate of drug-likeness (QED) is 0.211. The Labute approximate surface area is 217 Å². The lowest BCUT2D eigenvalue weighted by molar-refractivity contribution is -0.130. The van der Waals surface area contributed by atoms with Crippen molar-refractivity contribution in [2.45, 2.75) is 64.7 Å². The Hall–Kier alpha value is -3.21. The first-order valence-electron chi connectivity index (χ1n) is 13.4. The fourth-order valence-electron chi connectivity index (χ4n) is 3.95. The van der Waals surface area contributed by atoms with Gasteiger partial charge in [0.2, 0.25) is 5.91 Å². The van der Waals surface area contributed by atoms with Gasteiger partial charge in [-0.05, 0) is 69.4 Å². The summed E-state index contributed by atoms with van der Waals surface area (Å²) in [6.07, 6.45) is 31.9. The second-order valence-electron chi connectivity index (χ2n) is 9.02. The Morgan fingerprint density at radius 3 is 2.19 bits per heavy atom. The van der Waals surface area contributed by atoms with Crippen LogP contribution in [0.25, 0.3) is 0 Å². The molecule has 1 fully saturated rings. The van der Waals surface area contributed by atoms with Crippen molar-refractivity contribution in [2.24, 2.45) is 5.92 Å². The standard InChI is InChI=1S/C31H43N3O2/c1-2-3-4-5-6-7-8-9-10-11-12-13-14-15-16-17-18-22-30(35)34-25-23-28(27-34)26-33-31(36)29-21-19-20-24-32-29/h3-4,6-7,9-10,12-13,15-16,19-21,24,28H,2,5,8,11,14,17-18,22-23,25-27H2,1H3,(H,33,36)/t28-/m0/s1. The average Bonchev–Trinajstić information content (AvgIpc) is 3.39. The predicted molar refractivity (Wildman–Crippen MR) is 150 cm³/mol. The van der Waals surface area contributed by atoms with Gasteiger partial charge in [0.1, 0.15) is 5.69 Å². The molecule has 36 heavy (non-hydrogen) atoms. The van der Waals surface area contributed by atoms with Crippen molar-refractivity contribution in [3.8, 4) is 0 Å². The molecule has 1 aromatic heterocycles.